The van der Waals surface area contributed by atoms with Crippen molar-refractivity contribution in [2.75, 3.05) is 5.32 Å². The molecule has 0 radical (unpaired) electrons. The van der Waals surface area contributed by atoms with Crippen molar-refractivity contribution in [3.05, 3.63) is 65.2 Å². The highest BCUT2D eigenvalue weighted by atomic mass is 35.5. The molecule has 0 fully saturated rings. The molecule has 0 atom stereocenters. The van der Waals surface area contributed by atoms with Crippen molar-refractivity contribution < 1.29 is 9.53 Å². The summed E-state index contributed by atoms with van der Waals surface area (Å²) in [4.78, 5) is 14.4. The number of hydrogen-bond donors (Lipinski definition) is 1. The highest BCUT2D eigenvalue weighted by Gasteiger charge is 2.21. The standard InChI is InChI=1S/C18H12ClNO2S2/c19-12-6-7-15-14(9-12)17-11(10-23-15)8-16(24-17)20-18(21)22-13-4-2-1-3-5-13/h1-9H,10H2,(H,20,21). The summed E-state index contributed by atoms with van der Waals surface area (Å²) in [5.74, 6) is 1.40. The van der Waals surface area contributed by atoms with E-state index < -0.39 is 6.09 Å². The first-order valence-electron chi connectivity index (χ1n) is 7.28. The quantitative estimate of drug-likeness (QED) is 0.574. The van der Waals surface area contributed by atoms with E-state index in [9.17, 15) is 4.79 Å². The maximum absolute atomic E-state index is 12.0. The Morgan fingerprint density at radius 1 is 1.12 bits per heavy atom. The van der Waals surface area contributed by atoms with Gasteiger partial charge in [-0.25, -0.2) is 4.79 Å². The average Bonchev–Trinajstić information content (AvgIpc) is 2.98. The molecule has 1 aliphatic heterocycles. The number of halogens is 1. The van der Waals surface area contributed by atoms with Crippen molar-refractivity contribution >= 4 is 45.8 Å². The van der Waals surface area contributed by atoms with E-state index in [0.717, 1.165) is 21.2 Å². The molecule has 3 aromatic rings. The first kappa shape index (κ1) is 15.6. The van der Waals surface area contributed by atoms with E-state index in [-0.39, 0.29) is 0 Å². The van der Waals surface area contributed by atoms with Crippen molar-refractivity contribution in [2.45, 2.75) is 10.6 Å². The van der Waals surface area contributed by atoms with Crippen LogP contribution in [-0.2, 0) is 5.75 Å². The predicted octanol–water partition coefficient (Wildman–Crippen LogP) is 6.29. The van der Waals surface area contributed by atoms with E-state index in [1.165, 1.54) is 10.5 Å². The van der Waals surface area contributed by atoms with Gasteiger partial charge in [-0.3, -0.25) is 5.32 Å². The number of carbonyl (C=O) groups is 1. The van der Waals surface area contributed by atoms with Gasteiger partial charge in [-0.05, 0) is 42.0 Å². The minimum atomic E-state index is -0.487. The van der Waals surface area contributed by atoms with Gasteiger partial charge < -0.3 is 4.74 Å². The first-order valence-corrected chi connectivity index (χ1v) is 9.46. The largest absolute Gasteiger partial charge is 0.417 e. The molecule has 24 heavy (non-hydrogen) atoms. The maximum Gasteiger partial charge on any atom is 0.417 e. The fraction of sp³-hybridized carbons (Fsp3) is 0.0556. The monoisotopic (exact) mass is 373 g/mol. The summed E-state index contributed by atoms with van der Waals surface area (Å²) in [7, 11) is 0. The number of amides is 1. The van der Waals surface area contributed by atoms with Gasteiger partial charge in [0.2, 0.25) is 0 Å². The maximum atomic E-state index is 12.0. The van der Waals surface area contributed by atoms with E-state index in [1.54, 1.807) is 35.2 Å². The SMILES string of the molecule is O=C(Nc1cc2c(s1)-c1cc(Cl)ccc1SC2)Oc1ccccc1. The summed E-state index contributed by atoms with van der Waals surface area (Å²) in [6.45, 7) is 0. The number of rotatable bonds is 2. The average molecular weight is 374 g/mol. The Morgan fingerprint density at radius 3 is 2.79 bits per heavy atom. The molecule has 1 aliphatic rings. The van der Waals surface area contributed by atoms with Gasteiger partial charge in [0, 0.05) is 26.1 Å². The van der Waals surface area contributed by atoms with Crippen molar-refractivity contribution in [2.24, 2.45) is 0 Å². The first-order chi connectivity index (χ1) is 11.7. The number of anilines is 1. The third-order valence-corrected chi connectivity index (χ3v) is 6.04. The summed E-state index contributed by atoms with van der Waals surface area (Å²) in [6, 6.07) is 16.9. The number of hydrogen-bond acceptors (Lipinski definition) is 4. The number of thioether (sulfide) groups is 1. The van der Waals surface area contributed by atoms with E-state index in [4.69, 9.17) is 16.3 Å². The van der Waals surface area contributed by atoms with Gasteiger partial charge in [0.15, 0.2) is 0 Å². The van der Waals surface area contributed by atoms with E-state index >= 15 is 0 Å². The molecule has 0 bridgehead atoms. The lowest BCUT2D eigenvalue weighted by Gasteiger charge is -2.15. The van der Waals surface area contributed by atoms with Crippen LogP contribution in [-0.4, -0.2) is 6.09 Å². The van der Waals surface area contributed by atoms with Crippen LogP contribution in [0.2, 0.25) is 5.02 Å². The Bertz CT molecular complexity index is 909. The summed E-state index contributed by atoms with van der Waals surface area (Å²) in [6.07, 6.45) is -0.487. The summed E-state index contributed by atoms with van der Waals surface area (Å²) >= 11 is 9.45. The molecule has 120 valence electrons. The zero-order chi connectivity index (χ0) is 16.5. The smallest absolute Gasteiger partial charge is 0.410 e. The lowest BCUT2D eigenvalue weighted by molar-refractivity contribution is 0.215. The van der Waals surface area contributed by atoms with E-state index in [2.05, 4.69) is 5.32 Å². The van der Waals surface area contributed by atoms with Crippen LogP contribution in [0, 0.1) is 0 Å². The van der Waals surface area contributed by atoms with Crippen LogP contribution in [0.15, 0.2) is 59.5 Å². The number of carbonyl (C=O) groups excluding carboxylic acids is 1. The molecule has 0 unspecified atom stereocenters. The molecule has 0 spiro atoms. The number of benzene rings is 2. The molecule has 4 rings (SSSR count). The molecule has 1 amide bonds. The second-order valence-electron chi connectivity index (χ2n) is 5.22. The predicted molar refractivity (Wildman–Crippen MR) is 100 cm³/mol. The van der Waals surface area contributed by atoms with Crippen LogP contribution in [0.4, 0.5) is 9.80 Å². The minimum Gasteiger partial charge on any atom is -0.410 e. The Hall–Kier alpha value is -1.95. The van der Waals surface area contributed by atoms with Crippen LogP contribution in [0.5, 0.6) is 5.75 Å². The molecule has 0 saturated heterocycles. The highest BCUT2D eigenvalue weighted by Crippen LogP contribution is 2.47. The number of thiophene rings is 1. The molecule has 2 aromatic carbocycles. The number of ether oxygens (including phenoxy) is 1. The van der Waals surface area contributed by atoms with Gasteiger partial charge in [-0.2, -0.15) is 0 Å². The normalized spacial score (nSPS) is 12.2. The third-order valence-electron chi connectivity index (χ3n) is 3.56. The topological polar surface area (TPSA) is 38.3 Å². The summed E-state index contributed by atoms with van der Waals surface area (Å²) in [5, 5.41) is 4.30. The van der Waals surface area contributed by atoms with Crippen LogP contribution < -0.4 is 10.1 Å². The fourth-order valence-electron chi connectivity index (χ4n) is 2.51. The number of para-hydroxylation sites is 1. The van der Waals surface area contributed by atoms with Crippen LogP contribution in [0.1, 0.15) is 5.56 Å². The zero-order valence-corrected chi connectivity index (χ0v) is 14.8. The fourth-order valence-corrected chi connectivity index (χ4v) is 4.95. The van der Waals surface area contributed by atoms with E-state index in [0.29, 0.717) is 10.8 Å². The summed E-state index contributed by atoms with van der Waals surface area (Å²) < 4.78 is 5.27. The molecule has 1 aromatic heterocycles. The number of fused-ring (bicyclic) bond motifs is 3. The highest BCUT2D eigenvalue weighted by molar-refractivity contribution is 7.98. The number of nitrogens with one attached hydrogen (secondary N) is 1. The molecule has 1 N–H and O–H groups in total. The van der Waals surface area contributed by atoms with Crippen LogP contribution in [0.3, 0.4) is 0 Å². The molecular weight excluding hydrogens is 362 g/mol. The molecule has 0 aliphatic carbocycles. The molecule has 2 heterocycles. The lowest BCUT2D eigenvalue weighted by Crippen LogP contribution is -2.15. The second kappa shape index (κ2) is 6.51. The van der Waals surface area contributed by atoms with Crippen LogP contribution >= 0.6 is 34.7 Å². The van der Waals surface area contributed by atoms with Crippen molar-refractivity contribution in [3.63, 3.8) is 0 Å². The van der Waals surface area contributed by atoms with Gasteiger partial charge in [-0.1, -0.05) is 29.8 Å². The van der Waals surface area contributed by atoms with Gasteiger partial charge in [0.1, 0.15) is 5.75 Å². The van der Waals surface area contributed by atoms with Gasteiger partial charge in [-0.15, -0.1) is 23.1 Å². The van der Waals surface area contributed by atoms with Crippen molar-refractivity contribution in [3.8, 4) is 16.2 Å². The minimum absolute atomic E-state index is 0.487. The molecule has 6 heteroatoms. The van der Waals surface area contributed by atoms with Gasteiger partial charge in [0.05, 0.1) is 5.00 Å². The molecule has 0 saturated carbocycles. The molecular formula is C18H12ClNO2S2. The second-order valence-corrected chi connectivity index (χ2v) is 7.73. The summed E-state index contributed by atoms with van der Waals surface area (Å²) in [5.41, 5.74) is 2.33. The Labute approximate surface area is 152 Å². The third kappa shape index (κ3) is 3.15. The van der Waals surface area contributed by atoms with Crippen molar-refractivity contribution in [1.82, 2.24) is 0 Å². The van der Waals surface area contributed by atoms with E-state index in [1.807, 2.05) is 42.5 Å². The Morgan fingerprint density at radius 2 is 1.96 bits per heavy atom. The van der Waals surface area contributed by atoms with Crippen LogP contribution in [0.25, 0.3) is 10.4 Å². The zero-order valence-electron chi connectivity index (χ0n) is 12.4. The Kier molecular flexibility index (Phi) is 4.22. The molecule has 3 nitrogen and oxygen atoms in total. The lowest BCUT2D eigenvalue weighted by atomic mass is 10.1. The Balaban J connectivity index is 1.56. The van der Waals surface area contributed by atoms with Gasteiger partial charge in [0.25, 0.3) is 0 Å². The van der Waals surface area contributed by atoms with Crippen molar-refractivity contribution in [1.29, 1.82) is 0 Å². The van der Waals surface area contributed by atoms with Gasteiger partial charge >= 0.3 is 6.09 Å².